The molecule has 0 atom stereocenters. The van der Waals surface area contributed by atoms with Crippen LogP contribution in [0, 0.1) is 5.41 Å². The van der Waals surface area contributed by atoms with E-state index in [2.05, 4.69) is 55.4 Å². The van der Waals surface area contributed by atoms with Gasteiger partial charge in [0.2, 0.25) is 0 Å². The van der Waals surface area contributed by atoms with Gasteiger partial charge in [-0.3, -0.25) is 4.90 Å². The fourth-order valence-corrected chi connectivity index (χ4v) is 3.17. The Labute approximate surface area is 122 Å². The standard InChI is InChI=1S/C16H28N2S/c1-13(2)17-11-16(3,4)12-18(14-7-8-14)10-15-6-5-9-19-15/h5-6,9,13-14,17H,7-8,10-12H2,1-4H3. The third-order valence-corrected chi connectivity index (χ3v) is 4.48. The third-order valence-electron chi connectivity index (χ3n) is 3.62. The number of hydrogen-bond acceptors (Lipinski definition) is 3. The lowest BCUT2D eigenvalue weighted by Gasteiger charge is -2.33. The normalized spacial score (nSPS) is 16.5. The second-order valence-corrected chi connectivity index (χ2v) is 7.95. The van der Waals surface area contributed by atoms with Gasteiger partial charge in [-0.25, -0.2) is 0 Å². The molecule has 0 aliphatic heterocycles. The summed E-state index contributed by atoms with van der Waals surface area (Å²) < 4.78 is 0. The zero-order chi connectivity index (χ0) is 13.9. The first-order valence-electron chi connectivity index (χ1n) is 7.46. The summed E-state index contributed by atoms with van der Waals surface area (Å²) in [4.78, 5) is 4.19. The minimum Gasteiger partial charge on any atom is -0.314 e. The van der Waals surface area contributed by atoms with Gasteiger partial charge in [-0.15, -0.1) is 11.3 Å². The molecule has 0 saturated heterocycles. The smallest absolute Gasteiger partial charge is 0.0331 e. The van der Waals surface area contributed by atoms with Crippen LogP contribution in [0.5, 0.6) is 0 Å². The topological polar surface area (TPSA) is 15.3 Å². The molecule has 0 spiro atoms. The molecule has 0 aromatic carbocycles. The van der Waals surface area contributed by atoms with Crippen LogP contribution in [0.25, 0.3) is 0 Å². The van der Waals surface area contributed by atoms with E-state index in [9.17, 15) is 0 Å². The zero-order valence-corrected chi connectivity index (χ0v) is 13.6. The van der Waals surface area contributed by atoms with Gasteiger partial charge in [0.15, 0.2) is 0 Å². The largest absolute Gasteiger partial charge is 0.314 e. The number of rotatable bonds is 8. The van der Waals surface area contributed by atoms with Crippen molar-refractivity contribution < 1.29 is 0 Å². The van der Waals surface area contributed by atoms with Gasteiger partial charge in [-0.1, -0.05) is 33.8 Å². The molecule has 108 valence electrons. The van der Waals surface area contributed by atoms with Crippen molar-refractivity contribution in [1.82, 2.24) is 10.2 Å². The molecule has 3 heteroatoms. The van der Waals surface area contributed by atoms with Crippen LogP contribution in [0.3, 0.4) is 0 Å². The van der Waals surface area contributed by atoms with Crippen molar-refractivity contribution in [2.45, 2.75) is 59.2 Å². The summed E-state index contributed by atoms with van der Waals surface area (Å²) in [6.45, 7) is 12.6. The Morgan fingerprint density at radius 1 is 1.42 bits per heavy atom. The summed E-state index contributed by atoms with van der Waals surface area (Å²) in [6.07, 6.45) is 2.78. The Balaban J connectivity index is 1.88. The summed E-state index contributed by atoms with van der Waals surface area (Å²) in [5.74, 6) is 0. The van der Waals surface area contributed by atoms with Crippen molar-refractivity contribution in [1.29, 1.82) is 0 Å². The molecule has 19 heavy (non-hydrogen) atoms. The molecule has 1 N–H and O–H groups in total. The molecule has 1 saturated carbocycles. The van der Waals surface area contributed by atoms with Crippen molar-refractivity contribution in [2.75, 3.05) is 13.1 Å². The molecule has 1 aliphatic rings. The Hall–Kier alpha value is -0.380. The molecule has 1 heterocycles. The Bertz CT molecular complexity index is 366. The minimum atomic E-state index is 0.337. The fraction of sp³-hybridized carbons (Fsp3) is 0.750. The first-order valence-corrected chi connectivity index (χ1v) is 8.34. The number of nitrogens with zero attached hydrogens (tertiary/aromatic N) is 1. The molecule has 1 aromatic rings. The molecule has 0 bridgehead atoms. The molecule has 2 rings (SSSR count). The second kappa shape index (κ2) is 6.38. The maximum atomic E-state index is 3.59. The van der Waals surface area contributed by atoms with Crippen LogP contribution in [0.15, 0.2) is 17.5 Å². The summed E-state index contributed by atoms with van der Waals surface area (Å²) in [5, 5.41) is 5.77. The van der Waals surface area contributed by atoms with Crippen molar-refractivity contribution in [3.8, 4) is 0 Å². The molecule has 1 aromatic heterocycles. The lowest BCUT2D eigenvalue weighted by Crippen LogP contribution is -2.42. The van der Waals surface area contributed by atoms with E-state index < -0.39 is 0 Å². The van der Waals surface area contributed by atoms with E-state index in [4.69, 9.17) is 0 Å². The van der Waals surface area contributed by atoms with Crippen LogP contribution in [-0.2, 0) is 6.54 Å². The van der Waals surface area contributed by atoms with Gasteiger partial charge in [-0.2, -0.15) is 0 Å². The van der Waals surface area contributed by atoms with Crippen molar-refractivity contribution in [3.05, 3.63) is 22.4 Å². The highest BCUT2D eigenvalue weighted by Gasteiger charge is 2.33. The van der Waals surface area contributed by atoms with Crippen LogP contribution < -0.4 is 5.32 Å². The summed E-state index contributed by atoms with van der Waals surface area (Å²) >= 11 is 1.88. The van der Waals surface area contributed by atoms with Crippen LogP contribution >= 0.6 is 11.3 Å². The predicted octanol–water partition coefficient (Wildman–Crippen LogP) is 3.74. The number of nitrogens with one attached hydrogen (secondary N) is 1. The van der Waals surface area contributed by atoms with Gasteiger partial charge in [0.05, 0.1) is 0 Å². The molecular formula is C16H28N2S. The average molecular weight is 280 g/mol. The first-order chi connectivity index (χ1) is 8.96. The van der Waals surface area contributed by atoms with Gasteiger partial charge in [0.1, 0.15) is 0 Å². The maximum Gasteiger partial charge on any atom is 0.0331 e. The maximum absolute atomic E-state index is 3.59. The molecule has 1 fully saturated rings. The van der Waals surface area contributed by atoms with Gasteiger partial charge >= 0.3 is 0 Å². The van der Waals surface area contributed by atoms with Crippen molar-refractivity contribution >= 4 is 11.3 Å². The van der Waals surface area contributed by atoms with Crippen LogP contribution in [0.2, 0.25) is 0 Å². The Kier molecular flexibility index (Phi) is 5.04. The van der Waals surface area contributed by atoms with Crippen LogP contribution in [0.1, 0.15) is 45.4 Å². The van der Waals surface area contributed by atoms with E-state index in [1.165, 1.54) is 24.3 Å². The van der Waals surface area contributed by atoms with E-state index in [-0.39, 0.29) is 0 Å². The van der Waals surface area contributed by atoms with Crippen LogP contribution in [-0.4, -0.2) is 30.1 Å². The van der Waals surface area contributed by atoms with Gasteiger partial charge in [-0.05, 0) is 29.7 Å². The Morgan fingerprint density at radius 3 is 2.68 bits per heavy atom. The van der Waals surface area contributed by atoms with Crippen LogP contribution in [0.4, 0.5) is 0 Å². The highest BCUT2D eigenvalue weighted by molar-refractivity contribution is 7.09. The van der Waals surface area contributed by atoms with E-state index in [1.807, 2.05) is 11.3 Å². The minimum absolute atomic E-state index is 0.337. The summed E-state index contributed by atoms with van der Waals surface area (Å²) in [5.41, 5.74) is 0.337. The fourth-order valence-electron chi connectivity index (χ4n) is 2.44. The quantitative estimate of drug-likeness (QED) is 0.780. The summed E-state index contributed by atoms with van der Waals surface area (Å²) in [6, 6.07) is 5.84. The number of thiophene rings is 1. The lowest BCUT2D eigenvalue weighted by molar-refractivity contribution is 0.159. The third kappa shape index (κ3) is 5.25. The first kappa shape index (κ1) is 15.0. The predicted molar refractivity (Wildman–Crippen MR) is 84.7 cm³/mol. The van der Waals surface area contributed by atoms with Crippen molar-refractivity contribution in [3.63, 3.8) is 0 Å². The highest BCUT2D eigenvalue weighted by Crippen LogP contribution is 2.32. The lowest BCUT2D eigenvalue weighted by atomic mass is 9.92. The highest BCUT2D eigenvalue weighted by atomic mass is 32.1. The van der Waals surface area contributed by atoms with E-state index >= 15 is 0 Å². The Morgan fingerprint density at radius 2 is 2.16 bits per heavy atom. The van der Waals surface area contributed by atoms with E-state index in [0.29, 0.717) is 11.5 Å². The molecule has 2 nitrogen and oxygen atoms in total. The van der Waals surface area contributed by atoms with Gasteiger partial charge in [0.25, 0.3) is 0 Å². The average Bonchev–Trinajstić information content (AvgIpc) is 3.05. The second-order valence-electron chi connectivity index (χ2n) is 6.92. The molecular weight excluding hydrogens is 252 g/mol. The monoisotopic (exact) mass is 280 g/mol. The molecule has 0 amide bonds. The molecule has 1 aliphatic carbocycles. The SMILES string of the molecule is CC(C)NCC(C)(C)CN(Cc1cccs1)C1CC1. The van der Waals surface area contributed by atoms with E-state index in [1.54, 1.807) is 0 Å². The van der Waals surface area contributed by atoms with Gasteiger partial charge < -0.3 is 5.32 Å². The van der Waals surface area contributed by atoms with Crippen molar-refractivity contribution in [2.24, 2.45) is 5.41 Å². The zero-order valence-electron chi connectivity index (χ0n) is 12.8. The molecule has 0 radical (unpaired) electrons. The number of hydrogen-bond donors (Lipinski definition) is 1. The molecule has 0 unspecified atom stereocenters. The van der Waals surface area contributed by atoms with Gasteiger partial charge in [0, 0.05) is 36.6 Å². The van der Waals surface area contributed by atoms with E-state index in [0.717, 1.165) is 19.1 Å². The summed E-state index contributed by atoms with van der Waals surface area (Å²) in [7, 11) is 0.